The van der Waals surface area contributed by atoms with Gasteiger partial charge in [-0.1, -0.05) is 49.8 Å². The van der Waals surface area contributed by atoms with Crippen LogP contribution in [0.5, 0.6) is 0 Å². The summed E-state index contributed by atoms with van der Waals surface area (Å²) < 4.78 is 5.16. The first-order valence-electron chi connectivity index (χ1n) is 15.2. The number of ether oxygens (including phenoxy) is 1. The van der Waals surface area contributed by atoms with Crippen molar-refractivity contribution in [3.63, 3.8) is 0 Å². The molecule has 8 atom stereocenters. The molecule has 1 aromatic rings. The number of carbonyl (C=O) groups is 5. The van der Waals surface area contributed by atoms with Gasteiger partial charge in [0.25, 0.3) is 0 Å². The van der Waals surface area contributed by atoms with Crippen LogP contribution in [-0.2, 0) is 28.7 Å². The number of esters is 1. The number of aliphatic hydroxyl groups excluding tert-OH is 1. The molecule has 232 valence electrons. The number of carboxylic acids is 1. The van der Waals surface area contributed by atoms with Crippen molar-refractivity contribution in [3.8, 4) is 0 Å². The van der Waals surface area contributed by atoms with Crippen LogP contribution in [-0.4, -0.2) is 57.9 Å². The van der Waals surface area contributed by atoms with E-state index in [4.69, 9.17) is 4.74 Å². The second kappa shape index (κ2) is 11.6. The molecule has 43 heavy (non-hydrogen) atoms. The minimum atomic E-state index is -1.78. The van der Waals surface area contributed by atoms with Crippen LogP contribution in [0.25, 0.3) is 0 Å². The van der Waals surface area contributed by atoms with Gasteiger partial charge in [0.05, 0.1) is 24.5 Å². The molecule has 0 saturated heterocycles. The summed E-state index contributed by atoms with van der Waals surface area (Å²) in [7, 11) is 0. The minimum absolute atomic E-state index is 0.00784. The number of nitrogens with one attached hydrogen (secondary N) is 1. The lowest BCUT2D eigenvalue weighted by Crippen LogP contribution is -2.62. The molecule has 1 aromatic carbocycles. The molecule has 10 nitrogen and oxygen atoms in total. The van der Waals surface area contributed by atoms with Gasteiger partial charge in [-0.15, -0.1) is 0 Å². The molecule has 3 fully saturated rings. The van der Waals surface area contributed by atoms with Crippen molar-refractivity contribution >= 4 is 29.4 Å². The summed E-state index contributed by atoms with van der Waals surface area (Å²) in [4.78, 5) is 61.8. The van der Waals surface area contributed by atoms with Gasteiger partial charge in [0.1, 0.15) is 5.60 Å². The first-order chi connectivity index (χ1) is 20.3. The van der Waals surface area contributed by atoms with Crippen molar-refractivity contribution < 1.29 is 44.0 Å². The predicted octanol–water partition coefficient (Wildman–Crippen LogP) is 1.72. The zero-order valence-electron chi connectivity index (χ0n) is 24.7. The van der Waals surface area contributed by atoms with Crippen LogP contribution < -0.4 is 10.4 Å². The van der Waals surface area contributed by atoms with Gasteiger partial charge in [-0.25, -0.2) is 0 Å². The van der Waals surface area contributed by atoms with Crippen molar-refractivity contribution in [2.24, 2.45) is 28.6 Å². The average molecular weight is 595 g/mol. The molecule has 0 spiro atoms. The Morgan fingerprint density at radius 2 is 1.79 bits per heavy atom. The third-order valence-electron chi connectivity index (χ3n) is 11.1. The van der Waals surface area contributed by atoms with Gasteiger partial charge in [-0.3, -0.25) is 19.2 Å². The summed E-state index contributed by atoms with van der Waals surface area (Å²) in [5.74, 6) is -3.49. The Morgan fingerprint density at radius 1 is 1.07 bits per heavy atom. The number of carboxylic acid groups (broad SMARTS) is 1. The monoisotopic (exact) mass is 594 g/mol. The van der Waals surface area contributed by atoms with Crippen molar-refractivity contribution in [2.75, 3.05) is 6.61 Å². The van der Waals surface area contributed by atoms with Gasteiger partial charge in [-0.05, 0) is 73.3 Å². The second-order valence-electron chi connectivity index (χ2n) is 13.3. The van der Waals surface area contributed by atoms with E-state index in [1.165, 1.54) is 12.1 Å². The maximum Gasteiger partial charge on any atom is 0.306 e. The molecule has 5 rings (SSSR count). The van der Waals surface area contributed by atoms with E-state index in [1.54, 1.807) is 24.3 Å². The number of amides is 1. The molecule has 0 aliphatic heterocycles. The molecule has 0 bridgehead atoms. The molecule has 4 aliphatic carbocycles. The largest absolute Gasteiger partial charge is 0.548 e. The van der Waals surface area contributed by atoms with Crippen LogP contribution in [0.2, 0.25) is 0 Å². The molecule has 10 heteroatoms. The second-order valence-corrected chi connectivity index (χ2v) is 13.3. The van der Waals surface area contributed by atoms with Gasteiger partial charge in [-0.2, -0.15) is 0 Å². The highest BCUT2D eigenvalue weighted by Crippen LogP contribution is 2.67. The van der Waals surface area contributed by atoms with Crippen LogP contribution in [0.4, 0.5) is 0 Å². The summed E-state index contributed by atoms with van der Waals surface area (Å²) in [5.41, 5.74) is -1.54. The Morgan fingerprint density at radius 3 is 2.49 bits per heavy atom. The van der Waals surface area contributed by atoms with Crippen molar-refractivity contribution in [1.29, 1.82) is 0 Å². The van der Waals surface area contributed by atoms with Crippen LogP contribution in [0.15, 0.2) is 42.0 Å². The van der Waals surface area contributed by atoms with Crippen LogP contribution in [0, 0.1) is 28.6 Å². The van der Waals surface area contributed by atoms with E-state index in [9.17, 15) is 39.3 Å². The molecule has 1 amide bonds. The average Bonchev–Trinajstić information content (AvgIpc) is 3.24. The van der Waals surface area contributed by atoms with Gasteiger partial charge in [0.15, 0.2) is 12.4 Å². The number of fused-ring (bicyclic) bond motifs is 5. The van der Waals surface area contributed by atoms with Gasteiger partial charge < -0.3 is 30.2 Å². The Labute approximate surface area is 250 Å². The number of hydrogen-bond donors (Lipinski definition) is 3. The fourth-order valence-corrected chi connectivity index (χ4v) is 8.86. The highest BCUT2D eigenvalue weighted by atomic mass is 16.5. The van der Waals surface area contributed by atoms with Crippen molar-refractivity contribution in [3.05, 3.63) is 47.5 Å². The minimum Gasteiger partial charge on any atom is -0.548 e. The summed E-state index contributed by atoms with van der Waals surface area (Å²) in [6.45, 7) is 3.33. The molecular formula is C33H40NO9-. The Hall–Kier alpha value is -3.37. The molecule has 0 heterocycles. The normalized spacial score (nSPS) is 35.4. The van der Waals surface area contributed by atoms with Gasteiger partial charge in [0.2, 0.25) is 11.7 Å². The van der Waals surface area contributed by atoms with E-state index in [0.29, 0.717) is 24.8 Å². The number of hydrogen-bond acceptors (Lipinski definition) is 9. The third kappa shape index (κ3) is 5.44. The molecule has 0 radical (unpaired) electrons. The van der Waals surface area contributed by atoms with Crippen molar-refractivity contribution in [1.82, 2.24) is 5.32 Å². The molecule has 4 aliphatic rings. The molecule has 0 aromatic heterocycles. The maximum atomic E-state index is 13.4. The van der Waals surface area contributed by atoms with Crippen molar-refractivity contribution in [2.45, 2.75) is 89.4 Å². The number of carbonyl (C=O) groups excluding carboxylic acids is 5. The van der Waals surface area contributed by atoms with E-state index < -0.39 is 53.4 Å². The SMILES string of the molecule is C[C@]12C[C@@H](O)[C@@H]3[C@H](CCC4=CC(=O)CC[C@]43C)[C@H]1CC[C@@]2(O)C(=O)COC(=O)CCC(=O)N[C@H](C(=O)[O-])c1ccccc1. The zero-order valence-corrected chi connectivity index (χ0v) is 24.7. The summed E-state index contributed by atoms with van der Waals surface area (Å²) in [5, 5.41) is 37.2. The molecule has 3 N–H and O–H groups in total. The van der Waals surface area contributed by atoms with Gasteiger partial charge >= 0.3 is 5.97 Å². The Balaban J connectivity index is 1.18. The topological polar surface area (TPSA) is 170 Å². The van der Waals surface area contributed by atoms with E-state index >= 15 is 0 Å². The van der Waals surface area contributed by atoms with Crippen LogP contribution >= 0.6 is 0 Å². The lowest BCUT2D eigenvalue weighted by molar-refractivity contribution is -0.308. The number of rotatable bonds is 9. The fraction of sp³-hybridized carbons (Fsp3) is 0.606. The van der Waals surface area contributed by atoms with E-state index in [2.05, 4.69) is 12.2 Å². The number of ketones is 2. The van der Waals surface area contributed by atoms with E-state index in [-0.39, 0.29) is 54.6 Å². The summed E-state index contributed by atoms with van der Waals surface area (Å²) >= 11 is 0. The first kappa shape index (κ1) is 31.1. The van der Waals surface area contributed by atoms with E-state index in [1.807, 2.05) is 6.92 Å². The van der Waals surface area contributed by atoms with Crippen LogP contribution in [0.3, 0.4) is 0 Å². The number of Topliss-reactive ketones (excluding diaryl/α,β-unsaturated/α-hetero) is 1. The van der Waals surface area contributed by atoms with Crippen LogP contribution in [0.1, 0.15) is 83.2 Å². The Kier molecular flexibility index (Phi) is 8.39. The summed E-state index contributed by atoms with van der Waals surface area (Å²) in [6, 6.07) is 6.65. The summed E-state index contributed by atoms with van der Waals surface area (Å²) in [6.07, 6.45) is 3.98. The van der Waals surface area contributed by atoms with E-state index in [0.717, 1.165) is 18.4 Å². The molecule has 0 unspecified atom stereocenters. The number of allylic oxidation sites excluding steroid dienone is 1. The fourth-order valence-electron chi connectivity index (χ4n) is 8.86. The third-order valence-corrected chi connectivity index (χ3v) is 11.1. The quantitative estimate of drug-likeness (QED) is 0.360. The highest BCUT2D eigenvalue weighted by molar-refractivity contribution is 5.92. The predicted molar refractivity (Wildman–Crippen MR) is 151 cm³/mol. The highest BCUT2D eigenvalue weighted by Gasteiger charge is 2.68. The standard InChI is InChI=1S/C33H41NO9/c1-31-14-12-21(35)16-20(31)8-9-22-23-13-15-33(42,32(23,2)17-24(36)28(22)31)25(37)18-43-27(39)11-10-26(38)34-29(30(40)41)19-6-4-3-5-7-19/h3-7,16,22-24,28-29,36,42H,8-15,17-18H2,1-2H3,(H,34,38)(H,40,41)/p-1/t22-,23-,24-,28+,29+,31-,32+,33-/m1/s1. The molecular weight excluding hydrogens is 554 g/mol. The lowest BCUT2D eigenvalue weighted by atomic mass is 9.45. The number of aliphatic hydroxyl groups is 2. The smallest absolute Gasteiger partial charge is 0.306 e. The first-order valence-corrected chi connectivity index (χ1v) is 15.2. The maximum absolute atomic E-state index is 13.4. The zero-order chi connectivity index (χ0) is 31.2. The number of benzene rings is 1. The van der Waals surface area contributed by atoms with Gasteiger partial charge in [0, 0.05) is 18.3 Å². The lowest BCUT2D eigenvalue weighted by Gasteiger charge is -2.60. The molecule has 3 saturated carbocycles. The number of aliphatic carboxylic acids is 1. The Bertz CT molecular complexity index is 1340.